The van der Waals surface area contributed by atoms with E-state index >= 15 is 0 Å². The van der Waals surface area contributed by atoms with Crippen molar-refractivity contribution >= 4 is 5.97 Å². The van der Waals surface area contributed by atoms with Crippen LogP contribution in [0.15, 0.2) is 18.2 Å². The molecule has 19 heavy (non-hydrogen) atoms. The van der Waals surface area contributed by atoms with Crippen molar-refractivity contribution in [2.45, 2.75) is 45.4 Å². The van der Waals surface area contributed by atoms with Crippen molar-refractivity contribution in [2.75, 3.05) is 6.61 Å². The van der Waals surface area contributed by atoms with Crippen LogP contribution in [0.2, 0.25) is 0 Å². The Balaban J connectivity index is 1.91. The Bertz CT molecular complexity index is 434. The lowest BCUT2D eigenvalue weighted by atomic mass is 10.0. The van der Waals surface area contributed by atoms with E-state index in [0.29, 0.717) is 18.1 Å². The molecule has 1 aromatic carbocycles. The molecule has 0 unspecified atom stereocenters. The quantitative estimate of drug-likeness (QED) is 0.602. The Morgan fingerprint density at radius 3 is 2.63 bits per heavy atom. The van der Waals surface area contributed by atoms with E-state index in [9.17, 15) is 9.18 Å². The highest BCUT2D eigenvalue weighted by atomic mass is 19.1. The van der Waals surface area contributed by atoms with Gasteiger partial charge in [0.1, 0.15) is 5.82 Å². The minimum atomic E-state index is -0.537. The minimum Gasteiger partial charge on any atom is -0.462 e. The summed E-state index contributed by atoms with van der Waals surface area (Å²) in [6.07, 6.45) is 7.20. The Morgan fingerprint density at radius 2 is 1.95 bits per heavy atom. The van der Waals surface area contributed by atoms with Gasteiger partial charge < -0.3 is 4.74 Å². The third-order valence-electron chi connectivity index (χ3n) is 3.84. The maximum absolute atomic E-state index is 13.8. The highest BCUT2D eigenvalue weighted by Gasteiger charge is 2.18. The van der Waals surface area contributed by atoms with Gasteiger partial charge in [-0.15, -0.1) is 0 Å². The number of halogens is 1. The first-order valence-corrected chi connectivity index (χ1v) is 7.10. The Kier molecular flexibility index (Phi) is 4.94. The molecule has 0 bridgehead atoms. The van der Waals surface area contributed by atoms with Gasteiger partial charge in [-0.2, -0.15) is 0 Å². The fraction of sp³-hybridized carbons (Fsp3) is 0.562. The molecule has 0 amide bonds. The van der Waals surface area contributed by atoms with E-state index in [1.807, 2.05) is 0 Å². The van der Waals surface area contributed by atoms with Gasteiger partial charge in [0, 0.05) is 0 Å². The lowest BCUT2D eigenvalue weighted by molar-refractivity contribution is 0.0422. The number of ether oxygens (including phenoxy) is 1. The van der Waals surface area contributed by atoms with Crippen molar-refractivity contribution in [2.24, 2.45) is 5.92 Å². The minimum absolute atomic E-state index is 0.0496. The first-order chi connectivity index (χ1) is 9.18. The zero-order valence-corrected chi connectivity index (χ0v) is 11.5. The molecule has 0 spiro atoms. The summed E-state index contributed by atoms with van der Waals surface area (Å²) in [6, 6.07) is 4.82. The molecular formula is C16H21FO2. The number of hydrogen-bond acceptors (Lipinski definition) is 2. The zero-order valence-electron chi connectivity index (χ0n) is 11.5. The number of rotatable bonds is 3. The molecule has 0 saturated heterocycles. The maximum Gasteiger partial charge on any atom is 0.341 e. The zero-order chi connectivity index (χ0) is 13.7. The standard InChI is InChI=1S/C16H21FO2/c1-12-7-6-10-14(15(12)17)16(18)19-11-13-8-4-2-3-5-9-13/h6-7,10,13H,2-5,8-9,11H2,1H3. The van der Waals surface area contributed by atoms with Crippen LogP contribution in [0.25, 0.3) is 0 Å². The van der Waals surface area contributed by atoms with Gasteiger partial charge in [-0.25, -0.2) is 9.18 Å². The van der Waals surface area contributed by atoms with E-state index in [1.165, 1.54) is 31.7 Å². The highest BCUT2D eigenvalue weighted by Crippen LogP contribution is 2.23. The van der Waals surface area contributed by atoms with E-state index in [2.05, 4.69) is 0 Å². The van der Waals surface area contributed by atoms with Crippen LogP contribution in [0.1, 0.15) is 54.4 Å². The van der Waals surface area contributed by atoms with Gasteiger partial charge in [0.05, 0.1) is 12.2 Å². The smallest absolute Gasteiger partial charge is 0.341 e. The summed E-state index contributed by atoms with van der Waals surface area (Å²) in [4.78, 5) is 11.9. The van der Waals surface area contributed by atoms with E-state index in [0.717, 1.165) is 12.8 Å². The van der Waals surface area contributed by atoms with Crippen molar-refractivity contribution in [3.8, 4) is 0 Å². The molecule has 0 radical (unpaired) electrons. The van der Waals surface area contributed by atoms with E-state index in [-0.39, 0.29) is 5.56 Å². The first kappa shape index (κ1) is 14.0. The highest BCUT2D eigenvalue weighted by molar-refractivity contribution is 5.89. The average molecular weight is 264 g/mol. The molecular weight excluding hydrogens is 243 g/mol. The van der Waals surface area contributed by atoms with Crippen LogP contribution in [0.4, 0.5) is 4.39 Å². The van der Waals surface area contributed by atoms with E-state index in [1.54, 1.807) is 19.1 Å². The average Bonchev–Trinajstić information content (AvgIpc) is 2.68. The first-order valence-electron chi connectivity index (χ1n) is 7.10. The van der Waals surface area contributed by atoms with Gasteiger partial charge in [-0.3, -0.25) is 0 Å². The summed E-state index contributed by atoms with van der Waals surface area (Å²) in [6.45, 7) is 2.07. The molecule has 0 N–H and O–H groups in total. The summed E-state index contributed by atoms with van der Waals surface area (Å²) >= 11 is 0. The third kappa shape index (κ3) is 3.79. The molecule has 104 valence electrons. The fourth-order valence-corrected chi connectivity index (χ4v) is 2.61. The molecule has 2 nitrogen and oxygen atoms in total. The maximum atomic E-state index is 13.8. The molecule has 1 saturated carbocycles. The van der Waals surface area contributed by atoms with Crippen molar-refractivity contribution < 1.29 is 13.9 Å². The number of benzene rings is 1. The number of esters is 1. The van der Waals surface area contributed by atoms with E-state index < -0.39 is 11.8 Å². The third-order valence-corrected chi connectivity index (χ3v) is 3.84. The van der Waals surface area contributed by atoms with Crippen molar-refractivity contribution in [1.29, 1.82) is 0 Å². The van der Waals surface area contributed by atoms with Crippen LogP contribution in [0, 0.1) is 18.7 Å². The summed E-state index contributed by atoms with van der Waals surface area (Å²) in [5.74, 6) is -0.557. The van der Waals surface area contributed by atoms with Gasteiger partial charge in [0.15, 0.2) is 0 Å². The predicted octanol–water partition coefficient (Wildman–Crippen LogP) is 4.26. The Hall–Kier alpha value is -1.38. The summed E-state index contributed by atoms with van der Waals surface area (Å²) < 4.78 is 19.1. The van der Waals surface area contributed by atoms with Crippen molar-refractivity contribution in [1.82, 2.24) is 0 Å². The predicted molar refractivity (Wildman–Crippen MR) is 72.6 cm³/mol. The second kappa shape index (κ2) is 6.69. The molecule has 0 heterocycles. The number of carbonyl (C=O) groups is 1. The lowest BCUT2D eigenvalue weighted by Gasteiger charge is -2.14. The molecule has 2 rings (SSSR count). The van der Waals surface area contributed by atoms with Crippen LogP contribution >= 0.6 is 0 Å². The monoisotopic (exact) mass is 264 g/mol. The van der Waals surface area contributed by atoms with Gasteiger partial charge in [0.2, 0.25) is 0 Å². The van der Waals surface area contributed by atoms with Crippen LogP contribution < -0.4 is 0 Å². The molecule has 1 aromatic rings. The summed E-state index contributed by atoms with van der Waals surface area (Å²) in [5.41, 5.74) is 0.525. The summed E-state index contributed by atoms with van der Waals surface area (Å²) in [7, 11) is 0. The molecule has 3 heteroatoms. The van der Waals surface area contributed by atoms with Gasteiger partial charge in [-0.1, -0.05) is 37.8 Å². The van der Waals surface area contributed by atoms with Crippen LogP contribution in [0.5, 0.6) is 0 Å². The molecule has 1 aliphatic carbocycles. The topological polar surface area (TPSA) is 26.3 Å². The number of carbonyl (C=O) groups excluding carboxylic acids is 1. The van der Waals surface area contributed by atoms with Crippen molar-refractivity contribution in [3.05, 3.63) is 35.1 Å². The molecule has 0 aliphatic heterocycles. The number of aryl methyl sites for hydroxylation is 1. The largest absolute Gasteiger partial charge is 0.462 e. The van der Waals surface area contributed by atoms with Crippen LogP contribution in [0.3, 0.4) is 0 Å². The Labute approximate surface area is 114 Å². The van der Waals surface area contributed by atoms with Gasteiger partial charge in [0.25, 0.3) is 0 Å². The second-order valence-corrected chi connectivity index (χ2v) is 5.39. The Morgan fingerprint density at radius 1 is 1.26 bits per heavy atom. The molecule has 0 atom stereocenters. The van der Waals surface area contributed by atoms with E-state index in [4.69, 9.17) is 4.74 Å². The SMILES string of the molecule is Cc1cccc(C(=O)OCC2CCCCCC2)c1F. The lowest BCUT2D eigenvalue weighted by Crippen LogP contribution is -2.15. The van der Waals surface area contributed by atoms with Gasteiger partial charge in [-0.05, 0) is 37.3 Å². The normalized spacial score (nSPS) is 16.9. The van der Waals surface area contributed by atoms with Crippen LogP contribution in [-0.4, -0.2) is 12.6 Å². The van der Waals surface area contributed by atoms with Crippen molar-refractivity contribution in [3.63, 3.8) is 0 Å². The fourth-order valence-electron chi connectivity index (χ4n) is 2.61. The summed E-state index contributed by atoms with van der Waals surface area (Å²) in [5, 5.41) is 0. The van der Waals surface area contributed by atoms with Crippen LogP contribution in [-0.2, 0) is 4.74 Å². The second-order valence-electron chi connectivity index (χ2n) is 5.39. The molecule has 0 aromatic heterocycles. The van der Waals surface area contributed by atoms with Gasteiger partial charge >= 0.3 is 5.97 Å². The number of hydrogen-bond donors (Lipinski definition) is 0. The molecule has 1 aliphatic rings. The molecule has 1 fully saturated rings.